The van der Waals surface area contributed by atoms with Gasteiger partial charge in [0.1, 0.15) is 19.0 Å². The number of carboxylic acid groups (broad SMARTS) is 1. The van der Waals surface area contributed by atoms with E-state index in [4.69, 9.17) is 9.47 Å². The molecule has 3 aromatic rings. The maximum Gasteiger partial charge on any atom is 0.307 e. The summed E-state index contributed by atoms with van der Waals surface area (Å²) < 4.78 is 11.0. The van der Waals surface area contributed by atoms with Crippen molar-refractivity contribution in [3.8, 4) is 5.75 Å². The first kappa shape index (κ1) is 21.1. The van der Waals surface area contributed by atoms with Crippen molar-refractivity contribution < 1.29 is 24.2 Å². The fraction of sp³-hybridized carbons (Fsp3) is 0.200. The summed E-state index contributed by atoms with van der Waals surface area (Å²) in [6.07, 6.45) is 0.134. The Kier molecular flexibility index (Phi) is 7.61. The number of ether oxygens (including phenoxy) is 2. The molecular formula is C25H24O5. The number of aliphatic carboxylic acids is 1. The molecule has 0 heterocycles. The molecule has 3 rings (SSSR count). The number of hydrogen-bond donors (Lipinski definition) is 1. The quantitative estimate of drug-likeness (QED) is 0.498. The minimum absolute atomic E-state index is 0.107. The molecule has 0 aliphatic heterocycles. The second kappa shape index (κ2) is 10.8. The standard InChI is InChI=1S/C25H24O5/c26-24(16-22(25(27)28)15-19-7-3-1-4-8-19)30-18-21-13-11-20(12-14-21)17-29-23-9-5-2-6-10-23/h1-14,22H,15-18H2,(H,27,28)/t22-/m1/s1. The van der Waals surface area contributed by atoms with Gasteiger partial charge in [0.25, 0.3) is 0 Å². The largest absolute Gasteiger partial charge is 0.489 e. The summed E-state index contributed by atoms with van der Waals surface area (Å²) in [5, 5.41) is 9.41. The highest BCUT2D eigenvalue weighted by molar-refractivity contribution is 5.79. The maximum atomic E-state index is 12.1. The summed E-state index contributed by atoms with van der Waals surface area (Å²) >= 11 is 0. The maximum absolute atomic E-state index is 12.1. The highest BCUT2D eigenvalue weighted by Gasteiger charge is 2.22. The van der Waals surface area contributed by atoms with Crippen LogP contribution in [-0.2, 0) is 34.0 Å². The number of carboxylic acids is 1. The predicted octanol–water partition coefficient (Wildman–Crippen LogP) is 4.64. The molecular weight excluding hydrogens is 380 g/mol. The Morgan fingerprint density at radius 2 is 1.30 bits per heavy atom. The van der Waals surface area contributed by atoms with Crippen molar-refractivity contribution in [3.63, 3.8) is 0 Å². The van der Waals surface area contributed by atoms with E-state index in [1.54, 1.807) is 0 Å². The van der Waals surface area contributed by atoms with E-state index in [0.717, 1.165) is 22.4 Å². The molecule has 0 saturated heterocycles. The van der Waals surface area contributed by atoms with Crippen molar-refractivity contribution in [2.45, 2.75) is 26.1 Å². The molecule has 1 atom stereocenters. The molecule has 0 unspecified atom stereocenters. The van der Waals surface area contributed by atoms with Crippen LogP contribution in [0.4, 0.5) is 0 Å². The molecule has 0 amide bonds. The lowest BCUT2D eigenvalue weighted by molar-refractivity contribution is -0.152. The fourth-order valence-corrected chi connectivity index (χ4v) is 2.98. The van der Waals surface area contributed by atoms with Crippen LogP contribution in [0.1, 0.15) is 23.1 Å². The Labute approximate surface area is 175 Å². The monoisotopic (exact) mass is 404 g/mol. The van der Waals surface area contributed by atoms with Gasteiger partial charge in [0, 0.05) is 0 Å². The third-order valence-electron chi connectivity index (χ3n) is 4.66. The van der Waals surface area contributed by atoms with Gasteiger partial charge in [0.05, 0.1) is 12.3 Å². The van der Waals surface area contributed by atoms with Crippen molar-refractivity contribution in [3.05, 3.63) is 102 Å². The summed E-state index contributed by atoms with van der Waals surface area (Å²) in [6, 6.07) is 26.4. The molecule has 1 N–H and O–H groups in total. The zero-order valence-electron chi connectivity index (χ0n) is 16.6. The minimum Gasteiger partial charge on any atom is -0.489 e. The van der Waals surface area contributed by atoms with Gasteiger partial charge in [-0.15, -0.1) is 0 Å². The lowest BCUT2D eigenvalue weighted by Crippen LogP contribution is -2.21. The Hall–Kier alpha value is -3.60. The summed E-state index contributed by atoms with van der Waals surface area (Å²) in [4.78, 5) is 23.6. The van der Waals surface area contributed by atoms with Crippen LogP contribution in [0.3, 0.4) is 0 Å². The highest BCUT2D eigenvalue weighted by atomic mass is 16.5. The molecule has 5 heteroatoms. The van der Waals surface area contributed by atoms with Crippen molar-refractivity contribution in [1.82, 2.24) is 0 Å². The summed E-state index contributed by atoms with van der Waals surface area (Å²) in [6.45, 7) is 0.556. The average Bonchev–Trinajstić information content (AvgIpc) is 2.78. The second-order valence-corrected chi connectivity index (χ2v) is 7.01. The predicted molar refractivity (Wildman–Crippen MR) is 113 cm³/mol. The van der Waals surface area contributed by atoms with E-state index < -0.39 is 17.9 Å². The van der Waals surface area contributed by atoms with Gasteiger partial charge in [0.15, 0.2) is 0 Å². The minimum atomic E-state index is -1.00. The smallest absolute Gasteiger partial charge is 0.307 e. The van der Waals surface area contributed by atoms with E-state index in [2.05, 4.69) is 0 Å². The van der Waals surface area contributed by atoms with Crippen molar-refractivity contribution in [1.29, 1.82) is 0 Å². The van der Waals surface area contributed by atoms with Crippen molar-refractivity contribution in [2.24, 2.45) is 5.92 Å². The number of rotatable bonds is 10. The van der Waals surface area contributed by atoms with E-state index in [1.165, 1.54) is 0 Å². The fourth-order valence-electron chi connectivity index (χ4n) is 2.98. The first-order valence-corrected chi connectivity index (χ1v) is 9.78. The van der Waals surface area contributed by atoms with Crippen LogP contribution in [0.5, 0.6) is 5.75 Å². The van der Waals surface area contributed by atoms with E-state index in [0.29, 0.717) is 13.0 Å². The number of hydrogen-bond acceptors (Lipinski definition) is 4. The molecule has 0 saturated carbocycles. The lowest BCUT2D eigenvalue weighted by atomic mass is 9.96. The van der Waals surface area contributed by atoms with E-state index >= 15 is 0 Å². The van der Waals surface area contributed by atoms with Crippen LogP contribution >= 0.6 is 0 Å². The zero-order valence-corrected chi connectivity index (χ0v) is 16.6. The number of para-hydroxylation sites is 1. The lowest BCUT2D eigenvalue weighted by Gasteiger charge is -2.12. The van der Waals surface area contributed by atoms with Crippen LogP contribution < -0.4 is 4.74 Å². The summed E-state index contributed by atoms with van der Waals surface area (Å²) in [5.41, 5.74) is 2.72. The van der Waals surface area contributed by atoms with Crippen LogP contribution in [-0.4, -0.2) is 17.0 Å². The summed E-state index contributed by atoms with van der Waals surface area (Å²) in [5.74, 6) is -1.52. The van der Waals surface area contributed by atoms with E-state index in [-0.39, 0.29) is 13.0 Å². The van der Waals surface area contributed by atoms with Gasteiger partial charge >= 0.3 is 11.9 Å². The number of carbonyl (C=O) groups is 2. The van der Waals surface area contributed by atoms with Crippen LogP contribution in [0, 0.1) is 5.92 Å². The Bertz CT molecular complexity index is 936. The number of carbonyl (C=O) groups excluding carboxylic acids is 1. The molecule has 0 aliphatic rings. The molecule has 0 fully saturated rings. The van der Waals surface area contributed by atoms with Gasteiger partial charge in [-0.3, -0.25) is 9.59 Å². The number of esters is 1. The Balaban J connectivity index is 1.45. The molecule has 0 aromatic heterocycles. The van der Waals surface area contributed by atoms with Gasteiger partial charge < -0.3 is 14.6 Å². The second-order valence-electron chi connectivity index (χ2n) is 7.01. The summed E-state index contributed by atoms with van der Waals surface area (Å²) in [7, 11) is 0. The van der Waals surface area contributed by atoms with Gasteiger partial charge in [-0.25, -0.2) is 0 Å². The average molecular weight is 404 g/mol. The van der Waals surface area contributed by atoms with Crippen molar-refractivity contribution in [2.75, 3.05) is 0 Å². The Morgan fingerprint density at radius 3 is 1.90 bits per heavy atom. The Morgan fingerprint density at radius 1 is 0.733 bits per heavy atom. The van der Waals surface area contributed by atoms with Crippen LogP contribution in [0.15, 0.2) is 84.9 Å². The topological polar surface area (TPSA) is 72.8 Å². The van der Waals surface area contributed by atoms with E-state index in [1.807, 2.05) is 84.9 Å². The highest BCUT2D eigenvalue weighted by Crippen LogP contribution is 2.15. The van der Waals surface area contributed by atoms with Gasteiger partial charge in [-0.2, -0.15) is 0 Å². The van der Waals surface area contributed by atoms with Crippen molar-refractivity contribution >= 4 is 11.9 Å². The molecule has 0 bridgehead atoms. The van der Waals surface area contributed by atoms with Gasteiger partial charge in [-0.05, 0) is 35.2 Å². The van der Waals surface area contributed by atoms with Gasteiger partial charge in [0.2, 0.25) is 0 Å². The molecule has 5 nitrogen and oxygen atoms in total. The molecule has 0 radical (unpaired) electrons. The molecule has 0 spiro atoms. The van der Waals surface area contributed by atoms with Crippen LogP contribution in [0.2, 0.25) is 0 Å². The van der Waals surface area contributed by atoms with Crippen LogP contribution in [0.25, 0.3) is 0 Å². The third kappa shape index (κ3) is 6.78. The molecule has 30 heavy (non-hydrogen) atoms. The van der Waals surface area contributed by atoms with E-state index in [9.17, 15) is 14.7 Å². The first-order chi connectivity index (χ1) is 14.6. The zero-order chi connectivity index (χ0) is 21.2. The third-order valence-corrected chi connectivity index (χ3v) is 4.66. The SMILES string of the molecule is O=C(C[C@@H](Cc1ccccc1)C(=O)O)OCc1ccc(COc2ccccc2)cc1. The molecule has 3 aromatic carbocycles. The molecule has 0 aliphatic carbocycles. The van der Waals surface area contributed by atoms with Gasteiger partial charge in [-0.1, -0.05) is 72.8 Å². The normalized spacial score (nSPS) is 11.5. The number of benzene rings is 3. The first-order valence-electron chi connectivity index (χ1n) is 9.78. The molecule has 154 valence electrons.